The second-order valence-electron chi connectivity index (χ2n) is 6.70. The number of carbonyl (C=O) groups is 1. The molecule has 142 valence electrons. The Morgan fingerprint density at radius 1 is 1.21 bits per heavy atom. The Morgan fingerprint density at radius 3 is 2.64 bits per heavy atom. The first-order valence-corrected chi connectivity index (χ1v) is 8.98. The molecular formula is C21H20ClN5O. The molecule has 7 heteroatoms. The van der Waals surface area contributed by atoms with Gasteiger partial charge in [-0.05, 0) is 50.0 Å². The van der Waals surface area contributed by atoms with Crippen molar-refractivity contribution < 1.29 is 4.79 Å². The predicted octanol–water partition coefficient (Wildman–Crippen LogP) is 4.03. The van der Waals surface area contributed by atoms with Crippen molar-refractivity contribution in [2.45, 2.75) is 13.5 Å². The summed E-state index contributed by atoms with van der Waals surface area (Å²) in [5.41, 5.74) is 3.80. The van der Waals surface area contributed by atoms with Gasteiger partial charge in [-0.15, -0.1) is 6.42 Å². The molecule has 0 saturated heterocycles. The van der Waals surface area contributed by atoms with Gasteiger partial charge in [0, 0.05) is 42.0 Å². The van der Waals surface area contributed by atoms with Crippen molar-refractivity contribution in [2.24, 2.45) is 0 Å². The molecule has 0 aliphatic rings. The van der Waals surface area contributed by atoms with Crippen molar-refractivity contribution in [3.05, 3.63) is 52.7 Å². The number of hydrogen-bond donors (Lipinski definition) is 2. The molecule has 0 bridgehead atoms. The van der Waals surface area contributed by atoms with Gasteiger partial charge in [-0.2, -0.15) is 0 Å². The number of nitrogens with zero attached hydrogens (tertiary/aromatic N) is 3. The lowest BCUT2D eigenvalue weighted by Gasteiger charge is -2.14. The predicted molar refractivity (Wildman–Crippen MR) is 114 cm³/mol. The van der Waals surface area contributed by atoms with Crippen LogP contribution >= 0.6 is 11.6 Å². The first kappa shape index (κ1) is 19.6. The van der Waals surface area contributed by atoms with Crippen LogP contribution in [0.2, 0.25) is 5.02 Å². The highest BCUT2D eigenvalue weighted by molar-refractivity contribution is 6.35. The first-order chi connectivity index (χ1) is 13.3. The van der Waals surface area contributed by atoms with Gasteiger partial charge in [-0.1, -0.05) is 17.5 Å². The fourth-order valence-electron chi connectivity index (χ4n) is 2.87. The van der Waals surface area contributed by atoms with Crippen LogP contribution in [0, 0.1) is 12.3 Å². The Morgan fingerprint density at radius 2 is 1.96 bits per heavy atom. The molecule has 6 nitrogen and oxygen atoms in total. The highest BCUT2D eigenvalue weighted by atomic mass is 35.5. The van der Waals surface area contributed by atoms with E-state index < -0.39 is 0 Å². The maximum atomic E-state index is 11.5. The second kappa shape index (κ2) is 8.26. The number of aromatic nitrogens is 2. The summed E-state index contributed by atoms with van der Waals surface area (Å²) >= 11 is 6.31. The van der Waals surface area contributed by atoms with E-state index in [1.54, 1.807) is 12.3 Å². The highest BCUT2D eigenvalue weighted by Gasteiger charge is 2.08. The van der Waals surface area contributed by atoms with E-state index in [1.165, 1.54) is 6.92 Å². The fraction of sp³-hybridized carbons (Fsp3) is 0.190. The van der Waals surface area contributed by atoms with Gasteiger partial charge in [-0.3, -0.25) is 4.79 Å². The number of carbonyl (C=O) groups excluding carboxylic acids is 1. The van der Waals surface area contributed by atoms with Crippen LogP contribution in [0.5, 0.6) is 0 Å². The minimum absolute atomic E-state index is 0.133. The normalized spacial score (nSPS) is 10.7. The Balaban J connectivity index is 1.96. The number of benzene rings is 2. The monoisotopic (exact) mass is 393 g/mol. The van der Waals surface area contributed by atoms with Crippen molar-refractivity contribution in [3.63, 3.8) is 0 Å². The molecule has 0 radical (unpaired) electrons. The lowest BCUT2D eigenvalue weighted by molar-refractivity contribution is -0.114. The summed E-state index contributed by atoms with van der Waals surface area (Å²) in [6.07, 6.45) is 7.12. The molecule has 3 aromatic rings. The Bertz CT molecular complexity index is 1090. The van der Waals surface area contributed by atoms with Crippen LogP contribution < -0.4 is 10.6 Å². The average molecular weight is 394 g/mol. The Labute approximate surface area is 168 Å². The van der Waals surface area contributed by atoms with Gasteiger partial charge in [0.15, 0.2) is 0 Å². The van der Waals surface area contributed by atoms with Gasteiger partial charge in [0.2, 0.25) is 11.9 Å². The summed E-state index contributed by atoms with van der Waals surface area (Å²) < 4.78 is 0. The van der Waals surface area contributed by atoms with E-state index in [0.29, 0.717) is 27.7 Å². The third-order valence-electron chi connectivity index (χ3n) is 3.87. The third kappa shape index (κ3) is 4.77. The molecule has 2 N–H and O–H groups in total. The van der Waals surface area contributed by atoms with Gasteiger partial charge < -0.3 is 15.5 Å². The Hall–Kier alpha value is -3.14. The lowest BCUT2D eigenvalue weighted by atomic mass is 10.1. The maximum Gasteiger partial charge on any atom is 0.227 e. The van der Waals surface area contributed by atoms with Gasteiger partial charge in [0.1, 0.15) is 0 Å². The van der Waals surface area contributed by atoms with Crippen molar-refractivity contribution >= 4 is 45.7 Å². The van der Waals surface area contributed by atoms with Gasteiger partial charge in [0.25, 0.3) is 0 Å². The molecule has 0 saturated carbocycles. The van der Waals surface area contributed by atoms with E-state index >= 15 is 0 Å². The van der Waals surface area contributed by atoms with Crippen molar-refractivity contribution in [3.8, 4) is 12.3 Å². The maximum absolute atomic E-state index is 11.5. The smallest absolute Gasteiger partial charge is 0.227 e. The molecular weight excluding hydrogens is 374 g/mol. The molecule has 0 aliphatic carbocycles. The van der Waals surface area contributed by atoms with Crippen LogP contribution in [0.15, 0.2) is 36.5 Å². The minimum Gasteiger partial charge on any atom is -0.326 e. The zero-order valence-corrected chi connectivity index (χ0v) is 16.6. The largest absolute Gasteiger partial charge is 0.326 e. The number of halogens is 1. The van der Waals surface area contributed by atoms with E-state index in [4.69, 9.17) is 18.0 Å². The zero-order valence-electron chi connectivity index (χ0n) is 15.9. The molecule has 3 rings (SSSR count). The molecule has 1 heterocycles. The Kier molecular flexibility index (Phi) is 5.78. The number of hydrogen-bond acceptors (Lipinski definition) is 5. The number of fused-ring (bicyclic) bond motifs is 1. The summed E-state index contributed by atoms with van der Waals surface area (Å²) in [6, 6.07) is 9.27. The van der Waals surface area contributed by atoms with Gasteiger partial charge in [0.05, 0.1) is 10.5 Å². The SMILES string of the molecule is C#Cc1cc(Cl)c2nc(Nc3cc(CN(C)C)cc(NC(C)=O)c3)ncc2c1. The summed E-state index contributed by atoms with van der Waals surface area (Å²) in [5, 5.41) is 7.24. The highest BCUT2D eigenvalue weighted by Crippen LogP contribution is 2.26. The standard InChI is InChI=1S/C21H20ClN5O/c1-5-14-6-16-11-23-21(26-20(16)19(22)9-14)25-18-8-15(12-27(3)4)7-17(10-18)24-13(2)28/h1,6-11H,12H2,2-4H3,(H,24,28)(H,23,25,26). The number of anilines is 3. The van der Waals surface area contributed by atoms with Gasteiger partial charge >= 0.3 is 0 Å². The molecule has 28 heavy (non-hydrogen) atoms. The molecule has 2 aromatic carbocycles. The number of nitrogens with one attached hydrogen (secondary N) is 2. The third-order valence-corrected chi connectivity index (χ3v) is 4.16. The quantitative estimate of drug-likeness (QED) is 0.640. The molecule has 0 unspecified atom stereocenters. The molecule has 0 atom stereocenters. The zero-order chi connectivity index (χ0) is 20.3. The molecule has 1 aromatic heterocycles. The van der Waals surface area contributed by atoms with E-state index in [9.17, 15) is 4.79 Å². The number of amides is 1. The van der Waals surface area contributed by atoms with E-state index in [0.717, 1.165) is 23.2 Å². The molecule has 0 spiro atoms. The van der Waals surface area contributed by atoms with Crippen LogP contribution in [0.1, 0.15) is 18.1 Å². The summed E-state index contributed by atoms with van der Waals surface area (Å²) in [7, 11) is 3.97. The van der Waals surface area contributed by atoms with Crippen molar-refractivity contribution in [2.75, 3.05) is 24.7 Å². The minimum atomic E-state index is -0.133. The number of rotatable bonds is 5. The number of terminal acetylenes is 1. The van der Waals surface area contributed by atoms with E-state index in [-0.39, 0.29) is 5.91 Å². The fourth-order valence-corrected chi connectivity index (χ4v) is 3.14. The van der Waals surface area contributed by atoms with Crippen molar-refractivity contribution in [1.29, 1.82) is 0 Å². The second-order valence-corrected chi connectivity index (χ2v) is 7.10. The lowest BCUT2D eigenvalue weighted by Crippen LogP contribution is -2.12. The first-order valence-electron chi connectivity index (χ1n) is 8.60. The molecule has 0 aliphatic heterocycles. The van der Waals surface area contributed by atoms with Crippen LogP contribution in [-0.4, -0.2) is 34.9 Å². The summed E-state index contributed by atoms with van der Waals surface area (Å²) in [4.78, 5) is 22.4. The van der Waals surface area contributed by atoms with Crippen LogP contribution in [0.3, 0.4) is 0 Å². The topological polar surface area (TPSA) is 70.2 Å². The molecule has 1 amide bonds. The molecule has 0 fully saturated rings. The summed E-state index contributed by atoms with van der Waals surface area (Å²) in [5.74, 6) is 2.83. The van der Waals surface area contributed by atoms with E-state index in [2.05, 4.69) is 26.5 Å². The van der Waals surface area contributed by atoms with Crippen molar-refractivity contribution in [1.82, 2.24) is 14.9 Å². The average Bonchev–Trinajstić information content (AvgIpc) is 2.60. The van der Waals surface area contributed by atoms with E-state index in [1.807, 2.05) is 43.3 Å². The van der Waals surface area contributed by atoms with Crippen LogP contribution in [0.25, 0.3) is 10.9 Å². The summed E-state index contributed by atoms with van der Waals surface area (Å²) in [6.45, 7) is 2.20. The van der Waals surface area contributed by atoms with Gasteiger partial charge in [-0.25, -0.2) is 9.97 Å². The van der Waals surface area contributed by atoms with Crippen LogP contribution in [-0.2, 0) is 11.3 Å². The van der Waals surface area contributed by atoms with Crippen LogP contribution in [0.4, 0.5) is 17.3 Å².